The molecule has 2 heterocycles. The Labute approximate surface area is 145 Å². The second-order valence-electron chi connectivity index (χ2n) is 4.85. The van der Waals surface area contributed by atoms with Crippen molar-refractivity contribution in [1.82, 2.24) is 15.2 Å². The molecule has 0 fully saturated rings. The third kappa shape index (κ3) is 5.84. The highest BCUT2D eigenvalue weighted by Gasteiger charge is 2.17. The van der Waals surface area contributed by atoms with E-state index >= 15 is 0 Å². The van der Waals surface area contributed by atoms with Crippen molar-refractivity contribution in [2.24, 2.45) is 11.7 Å². The number of aromatic nitrogens is 3. The van der Waals surface area contributed by atoms with Crippen molar-refractivity contribution in [1.29, 1.82) is 0 Å². The van der Waals surface area contributed by atoms with Crippen LogP contribution in [0.3, 0.4) is 0 Å². The van der Waals surface area contributed by atoms with Crippen LogP contribution >= 0.6 is 36.2 Å². The summed E-state index contributed by atoms with van der Waals surface area (Å²) >= 11 is 1.28. The fraction of sp³-hybridized carbons (Fsp3) is 0.385. The predicted molar refractivity (Wildman–Crippen MR) is 93.7 cm³/mol. The van der Waals surface area contributed by atoms with E-state index in [9.17, 15) is 4.79 Å². The minimum Gasteiger partial charge on any atom is -0.320 e. The molecule has 0 aliphatic carbocycles. The molecule has 6 nitrogen and oxygen atoms in total. The fourth-order valence-corrected chi connectivity index (χ4v) is 2.40. The first-order valence-corrected chi connectivity index (χ1v) is 7.19. The topological polar surface area (TPSA) is 93.8 Å². The highest BCUT2D eigenvalue weighted by Crippen LogP contribution is 2.24. The van der Waals surface area contributed by atoms with E-state index in [0.717, 1.165) is 5.69 Å². The number of nitrogens with two attached hydrogens (primary N) is 1. The summed E-state index contributed by atoms with van der Waals surface area (Å²) in [6.07, 6.45) is 2.32. The van der Waals surface area contributed by atoms with Gasteiger partial charge in [-0.05, 0) is 24.5 Å². The van der Waals surface area contributed by atoms with E-state index < -0.39 is 6.04 Å². The van der Waals surface area contributed by atoms with Crippen molar-refractivity contribution in [3.8, 4) is 10.7 Å². The molecule has 0 bridgehead atoms. The molecule has 0 aromatic carbocycles. The maximum atomic E-state index is 11.9. The third-order valence-corrected chi connectivity index (χ3v) is 3.46. The second kappa shape index (κ2) is 9.68. The van der Waals surface area contributed by atoms with Gasteiger partial charge in [0, 0.05) is 6.20 Å². The van der Waals surface area contributed by atoms with E-state index in [-0.39, 0.29) is 30.7 Å². The predicted octanol–water partition coefficient (Wildman–Crippen LogP) is 2.76. The number of halogens is 2. The summed E-state index contributed by atoms with van der Waals surface area (Å²) in [7, 11) is 0. The molecule has 122 valence electrons. The summed E-state index contributed by atoms with van der Waals surface area (Å²) in [4.78, 5) is 16.1. The normalized spacial score (nSPS) is 11.3. The highest BCUT2D eigenvalue weighted by molar-refractivity contribution is 7.18. The molecule has 3 N–H and O–H groups in total. The maximum absolute atomic E-state index is 11.9. The Bertz CT molecular complexity index is 579. The summed E-state index contributed by atoms with van der Waals surface area (Å²) < 4.78 is 0. The van der Waals surface area contributed by atoms with Crippen LogP contribution in [0.15, 0.2) is 24.4 Å². The van der Waals surface area contributed by atoms with Crippen molar-refractivity contribution in [3.05, 3.63) is 24.4 Å². The summed E-state index contributed by atoms with van der Waals surface area (Å²) in [6.45, 7) is 4.05. The molecule has 1 amide bonds. The molecule has 9 heteroatoms. The van der Waals surface area contributed by atoms with Gasteiger partial charge in [0.25, 0.3) is 0 Å². The standard InChI is InChI=1S/C13H17N5OS.2ClH/c1-8(2)7-9(14)11(19)16-13-18-17-12(20-13)10-5-3-4-6-15-10;;/h3-6,8-9H,7,14H2,1-2H3,(H,16,18,19);2*1H/t9-;;/m0../s1. The molecule has 0 aliphatic heterocycles. The molecule has 0 saturated heterocycles. The Morgan fingerprint density at radius 2 is 2.05 bits per heavy atom. The number of hydrogen-bond acceptors (Lipinski definition) is 6. The number of hydrogen-bond donors (Lipinski definition) is 2. The van der Waals surface area contributed by atoms with Crippen molar-refractivity contribution >= 4 is 47.2 Å². The van der Waals surface area contributed by atoms with Gasteiger partial charge >= 0.3 is 0 Å². The first kappa shape index (κ1) is 20.7. The monoisotopic (exact) mass is 363 g/mol. The fourth-order valence-electron chi connectivity index (χ4n) is 1.68. The number of pyridine rings is 1. The Morgan fingerprint density at radius 3 is 2.64 bits per heavy atom. The summed E-state index contributed by atoms with van der Waals surface area (Å²) in [6, 6.07) is 5.02. The smallest absolute Gasteiger partial charge is 0.243 e. The van der Waals surface area contributed by atoms with Gasteiger partial charge in [0.1, 0.15) is 5.69 Å². The van der Waals surface area contributed by atoms with E-state index in [4.69, 9.17) is 5.73 Å². The van der Waals surface area contributed by atoms with Gasteiger partial charge in [0.15, 0.2) is 5.01 Å². The largest absolute Gasteiger partial charge is 0.320 e. The first-order chi connectivity index (χ1) is 9.56. The van der Waals surface area contributed by atoms with Crippen LogP contribution in [0, 0.1) is 5.92 Å². The van der Waals surface area contributed by atoms with Crippen molar-refractivity contribution in [2.75, 3.05) is 5.32 Å². The van der Waals surface area contributed by atoms with Crippen LogP contribution in [-0.4, -0.2) is 27.1 Å². The Hall–Kier alpha value is -1.28. The minimum atomic E-state index is -0.530. The van der Waals surface area contributed by atoms with E-state index in [1.165, 1.54) is 11.3 Å². The van der Waals surface area contributed by atoms with E-state index in [0.29, 0.717) is 22.5 Å². The Morgan fingerprint density at radius 1 is 1.32 bits per heavy atom. The molecule has 0 aliphatic rings. The van der Waals surface area contributed by atoms with Crippen LogP contribution in [0.5, 0.6) is 0 Å². The number of anilines is 1. The SMILES string of the molecule is CC(C)C[C@H](N)C(=O)Nc1nnc(-c2ccccn2)s1.Cl.Cl. The molecule has 2 aromatic heterocycles. The van der Waals surface area contributed by atoms with Crippen molar-refractivity contribution < 1.29 is 4.79 Å². The van der Waals surface area contributed by atoms with Crippen LogP contribution in [-0.2, 0) is 4.79 Å². The molecule has 0 unspecified atom stereocenters. The maximum Gasteiger partial charge on any atom is 0.243 e. The molecule has 2 aromatic rings. The van der Waals surface area contributed by atoms with Crippen LogP contribution in [0.4, 0.5) is 5.13 Å². The highest BCUT2D eigenvalue weighted by atomic mass is 35.5. The number of rotatable bonds is 5. The van der Waals surface area contributed by atoms with Crippen molar-refractivity contribution in [2.45, 2.75) is 26.3 Å². The van der Waals surface area contributed by atoms with Gasteiger partial charge in [-0.15, -0.1) is 35.0 Å². The van der Waals surface area contributed by atoms with Gasteiger partial charge in [-0.25, -0.2) is 0 Å². The molecule has 0 radical (unpaired) electrons. The zero-order valence-corrected chi connectivity index (χ0v) is 14.7. The van der Waals surface area contributed by atoms with E-state index in [1.54, 1.807) is 6.20 Å². The third-order valence-electron chi connectivity index (χ3n) is 2.60. The zero-order chi connectivity index (χ0) is 14.5. The lowest BCUT2D eigenvalue weighted by Crippen LogP contribution is -2.36. The second-order valence-corrected chi connectivity index (χ2v) is 5.83. The lowest BCUT2D eigenvalue weighted by atomic mass is 10.0. The number of nitrogens with zero attached hydrogens (tertiary/aromatic N) is 3. The molecule has 0 spiro atoms. The van der Waals surface area contributed by atoms with Crippen molar-refractivity contribution in [3.63, 3.8) is 0 Å². The van der Waals surface area contributed by atoms with Gasteiger partial charge in [-0.3, -0.25) is 15.1 Å². The van der Waals surface area contributed by atoms with Crippen LogP contribution in [0.25, 0.3) is 10.7 Å². The molecular weight excluding hydrogens is 345 g/mol. The van der Waals surface area contributed by atoms with E-state index in [1.807, 2.05) is 32.0 Å². The van der Waals surface area contributed by atoms with Gasteiger partial charge in [0.2, 0.25) is 11.0 Å². The zero-order valence-electron chi connectivity index (χ0n) is 12.2. The van der Waals surface area contributed by atoms with Crippen LogP contribution < -0.4 is 11.1 Å². The lowest BCUT2D eigenvalue weighted by Gasteiger charge is -2.12. The molecule has 2 rings (SSSR count). The summed E-state index contributed by atoms with van der Waals surface area (Å²) in [5.41, 5.74) is 6.55. The first-order valence-electron chi connectivity index (χ1n) is 6.37. The van der Waals surface area contributed by atoms with Gasteiger partial charge < -0.3 is 5.73 Å². The Balaban J connectivity index is 0.00000220. The lowest BCUT2D eigenvalue weighted by molar-refractivity contribution is -0.117. The molecule has 22 heavy (non-hydrogen) atoms. The van der Waals surface area contributed by atoms with Gasteiger partial charge in [-0.1, -0.05) is 31.3 Å². The number of carbonyl (C=O) groups excluding carboxylic acids is 1. The Kier molecular flexibility index (Phi) is 9.12. The molecule has 0 saturated carbocycles. The molecule has 1 atom stereocenters. The average Bonchev–Trinajstić information content (AvgIpc) is 2.87. The molecular formula is C13H19Cl2N5OS. The minimum absolute atomic E-state index is 0. The van der Waals surface area contributed by atoms with E-state index in [2.05, 4.69) is 20.5 Å². The van der Waals surface area contributed by atoms with Crippen LogP contribution in [0.2, 0.25) is 0 Å². The van der Waals surface area contributed by atoms with Gasteiger partial charge in [0.05, 0.1) is 6.04 Å². The average molecular weight is 364 g/mol. The quantitative estimate of drug-likeness (QED) is 0.851. The van der Waals surface area contributed by atoms with Crippen LogP contribution in [0.1, 0.15) is 20.3 Å². The number of nitrogens with one attached hydrogen (secondary N) is 1. The number of carbonyl (C=O) groups is 1. The number of amides is 1. The summed E-state index contributed by atoms with van der Waals surface area (Å²) in [5, 5.41) is 11.7. The van der Waals surface area contributed by atoms with Gasteiger partial charge in [-0.2, -0.15) is 0 Å². The summed E-state index contributed by atoms with van der Waals surface area (Å²) in [5.74, 6) is 0.136.